The van der Waals surface area contributed by atoms with Crippen LogP contribution in [0.4, 0.5) is 5.95 Å². The Kier molecular flexibility index (Phi) is 3.89. The molecule has 0 bridgehead atoms. The summed E-state index contributed by atoms with van der Waals surface area (Å²) in [6, 6.07) is 0. The number of hydrogen-bond acceptors (Lipinski definition) is 4. The highest BCUT2D eigenvalue weighted by Crippen LogP contribution is 2.25. The number of fused-ring (bicyclic) bond motifs is 1. The van der Waals surface area contributed by atoms with Gasteiger partial charge in [-0.05, 0) is 59.2 Å². The Bertz CT molecular complexity index is 618. The molecule has 3 heterocycles. The van der Waals surface area contributed by atoms with Gasteiger partial charge in [0, 0.05) is 13.1 Å². The number of anilines is 1. The van der Waals surface area contributed by atoms with Gasteiger partial charge in [0.05, 0.1) is 5.69 Å². The minimum Gasteiger partial charge on any atom is -0.369 e. The van der Waals surface area contributed by atoms with Crippen LogP contribution in [0.3, 0.4) is 0 Å². The second-order valence-electron chi connectivity index (χ2n) is 6.23. The Morgan fingerprint density at radius 2 is 2.00 bits per heavy atom. The van der Waals surface area contributed by atoms with E-state index in [4.69, 9.17) is 5.73 Å². The van der Waals surface area contributed by atoms with Crippen molar-refractivity contribution >= 4 is 17.1 Å². The predicted octanol–water partition coefficient (Wildman–Crippen LogP) is 1.88. The lowest BCUT2D eigenvalue weighted by Gasteiger charge is -2.29. The molecule has 0 amide bonds. The van der Waals surface area contributed by atoms with E-state index in [1.807, 2.05) is 11.6 Å². The first-order chi connectivity index (χ1) is 10.1. The second-order valence-corrected chi connectivity index (χ2v) is 6.23. The van der Waals surface area contributed by atoms with Gasteiger partial charge >= 0.3 is 0 Å². The summed E-state index contributed by atoms with van der Waals surface area (Å²) in [7, 11) is 2.20. The van der Waals surface area contributed by atoms with E-state index in [0.717, 1.165) is 35.9 Å². The lowest BCUT2D eigenvalue weighted by molar-refractivity contribution is 0.208. The average molecular weight is 290 g/mol. The molecular formula is C15H26N6. The molecule has 2 N–H and O–H groups in total. The molecule has 6 nitrogen and oxygen atoms in total. The van der Waals surface area contributed by atoms with E-state index in [1.54, 1.807) is 0 Å². The van der Waals surface area contributed by atoms with Crippen LogP contribution >= 0.6 is 0 Å². The molecule has 2 aromatic heterocycles. The molecule has 0 atom stereocenters. The summed E-state index contributed by atoms with van der Waals surface area (Å²) in [4.78, 5) is 6.92. The summed E-state index contributed by atoms with van der Waals surface area (Å²) < 4.78 is 4.17. The maximum absolute atomic E-state index is 6.13. The zero-order valence-electron chi connectivity index (χ0n) is 13.3. The lowest BCUT2D eigenvalue weighted by atomic mass is 9.94. The molecule has 0 aromatic carbocycles. The molecule has 3 rings (SSSR count). The third kappa shape index (κ3) is 2.64. The topological polar surface area (TPSA) is 64.9 Å². The zero-order chi connectivity index (χ0) is 15.0. The van der Waals surface area contributed by atoms with Gasteiger partial charge in [-0.2, -0.15) is 5.10 Å². The average Bonchev–Trinajstić information content (AvgIpc) is 2.96. The third-order valence-corrected chi connectivity index (χ3v) is 4.73. The van der Waals surface area contributed by atoms with Crippen molar-refractivity contribution in [3.05, 3.63) is 5.69 Å². The minimum absolute atomic E-state index is 0.626. The SMILES string of the molecule is CCn1nc(C)c2nc(N)n(CCC3CCN(C)CC3)c21. The highest BCUT2D eigenvalue weighted by atomic mass is 15.4. The molecule has 0 radical (unpaired) electrons. The lowest BCUT2D eigenvalue weighted by Crippen LogP contribution is -2.30. The molecule has 0 saturated carbocycles. The first-order valence-electron chi connectivity index (χ1n) is 7.97. The van der Waals surface area contributed by atoms with Gasteiger partial charge in [0.2, 0.25) is 5.95 Å². The van der Waals surface area contributed by atoms with E-state index in [9.17, 15) is 0 Å². The van der Waals surface area contributed by atoms with E-state index >= 15 is 0 Å². The molecule has 1 aliphatic heterocycles. The first kappa shape index (κ1) is 14.4. The highest BCUT2D eigenvalue weighted by molar-refractivity contribution is 5.77. The largest absolute Gasteiger partial charge is 0.369 e. The van der Waals surface area contributed by atoms with E-state index < -0.39 is 0 Å². The summed E-state index contributed by atoms with van der Waals surface area (Å²) in [5.74, 6) is 1.43. The molecule has 1 saturated heterocycles. The van der Waals surface area contributed by atoms with Gasteiger partial charge in [-0.1, -0.05) is 0 Å². The molecule has 1 aliphatic rings. The van der Waals surface area contributed by atoms with Gasteiger partial charge in [0.1, 0.15) is 5.52 Å². The quantitative estimate of drug-likeness (QED) is 0.933. The van der Waals surface area contributed by atoms with Crippen molar-refractivity contribution in [1.29, 1.82) is 0 Å². The molecule has 0 unspecified atom stereocenters. The Morgan fingerprint density at radius 1 is 1.29 bits per heavy atom. The standard InChI is InChI=1S/C15H26N6/c1-4-21-14-13(11(2)18-21)17-15(16)20(14)10-7-12-5-8-19(3)9-6-12/h12H,4-10H2,1-3H3,(H2,16,17). The number of piperidine rings is 1. The molecule has 116 valence electrons. The first-order valence-corrected chi connectivity index (χ1v) is 7.97. The number of hydrogen-bond donors (Lipinski definition) is 1. The third-order valence-electron chi connectivity index (χ3n) is 4.73. The molecule has 2 aromatic rings. The van der Waals surface area contributed by atoms with Crippen molar-refractivity contribution in [2.75, 3.05) is 25.9 Å². The smallest absolute Gasteiger partial charge is 0.202 e. The number of imidazole rings is 1. The maximum atomic E-state index is 6.13. The zero-order valence-corrected chi connectivity index (χ0v) is 13.3. The fourth-order valence-corrected chi connectivity index (χ4v) is 3.34. The van der Waals surface area contributed by atoms with Gasteiger partial charge in [0.15, 0.2) is 5.65 Å². The number of nitrogen functional groups attached to an aromatic ring is 1. The second kappa shape index (κ2) is 5.67. The molecule has 0 spiro atoms. The van der Waals surface area contributed by atoms with E-state index in [2.05, 4.69) is 33.5 Å². The van der Waals surface area contributed by atoms with Gasteiger partial charge in [0.25, 0.3) is 0 Å². The van der Waals surface area contributed by atoms with Gasteiger partial charge in [-0.3, -0.25) is 4.57 Å². The molecule has 1 fully saturated rings. The van der Waals surface area contributed by atoms with Crippen LogP contribution in [0.25, 0.3) is 11.2 Å². The minimum atomic E-state index is 0.626. The van der Waals surface area contributed by atoms with Crippen LogP contribution in [0.15, 0.2) is 0 Å². The molecule has 21 heavy (non-hydrogen) atoms. The van der Waals surface area contributed by atoms with Crippen LogP contribution in [-0.4, -0.2) is 44.4 Å². The van der Waals surface area contributed by atoms with Crippen LogP contribution in [0.5, 0.6) is 0 Å². The highest BCUT2D eigenvalue weighted by Gasteiger charge is 2.20. The van der Waals surface area contributed by atoms with Crippen LogP contribution < -0.4 is 5.73 Å². The summed E-state index contributed by atoms with van der Waals surface area (Å²) in [5, 5.41) is 4.55. The van der Waals surface area contributed by atoms with E-state index in [0.29, 0.717) is 5.95 Å². The number of aryl methyl sites for hydroxylation is 3. The number of nitrogens with zero attached hydrogens (tertiary/aromatic N) is 5. The maximum Gasteiger partial charge on any atom is 0.202 e. The summed E-state index contributed by atoms with van der Waals surface area (Å²) >= 11 is 0. The van der Waals surface area contributed by atoms with E-state index in [-0.39, 0.29) is 0 Å². The van der Waals surface area contributed by atoms with Crippen molar-refractivity contribution in [2.24, 2.45) is 5.92 Å². The monoisotopic (exact) mass is 290 g/mol. The van der Waals surface area contributed by atoms with Crippen LogP contribution in [0.2, 0.25) is 0 Å². The number of rotatable bonds is 4. The van der Waals surface area contributed by atoms with Gasteiger partial charge < -0.3 is 10.6 Å². The molecule has 6 heteroatoms. The van der Waals surface area contributed by atoms with Crippen molar-refractivity contribution in [1.82, 2.24) is 24.2 Å². The van der Waals surface area contributed by atoms with Crippen molar-refractivity contribution in [2.45, 2.75) is 46.2 Å². The summed E-state index contributed by atoms with van der Waals surface area (Å²) in [6.07, 6.45) is 3.76. The summed E-state index contributed by atoms with van der Waals surface area (Å²) in [6.45, 7) is 8.33. The van der Waals surface area contributed by atoms with Crippen molar-refractivity contribution in [3.63, 3.8) is 0 Å². The fourth-order valence-electron chi connectivity index (χ4n) is 3.34. The Hall–Kier alpha value is -1.56. The van der Waals surface area contributed by atoms with E-state index in [1.165, 1.54) is 32.4 Å². The molecular weight excluding hydrogens is 264 g/mol. The van der Waals surface area contributed by atoms with Gasteiger partial charge in [-0.15, -0.1) is 0 Å². The Labute approximate surface area is 125 Å². The number of aromatic nitrogens is 4. The summed E-state index contributed by atoms with van der Waals surface area (Å²) in [5.41, 5.74) is 9.14. The molecule has 0 aliphatic carbocycles. The van der Waals surface area contributed by atoms with Crippen LogP contribution in [0.1, 0.15) is 31.9 Å². The van der Waals surface area contributed by atoms with Crippen LogP contribution in [0, 0.1) is 12.8 Å². The Morgan fingerprint density at radius 3 is 2.67 bits per heavy atom. The van der Waals surface area contributed by atoms with Crippen LogP contribution in [-0.2, 0) is 13.1 Å². The number of likely N-dealkylation sites (tertiary alicyclic amines) is 1. The normalized spacial score (nSPS) is 17.9. The number of nitrogens with two attached hydrogens (primary N) is 1. The van der Waals surface area contributed by atoms with Gasteiger partial charge in [-0.25, -0.2) is 9.67 Å². The Balaban J connectivity index is 1.78. The van der Waals surface area contributed by atoms with Crippen molar-refractivity contribution < 1.29 is 0 Å². The predicted molar refractivity (Wildman–Crippen MR) is 85.2 cm³/mol. The fraction of sp³-hybridized carbons (Fsp3) is 0.733. The van der Waals surface area contributed by atoms with Crippen molar-refractivity contribution in [3.8, 4) is 0 Å².